The van der Waals surface area contributed by atoms with Gasteiger partial charge in [-0.25, -0.2) is 0 Å². The van der Waals surface area contributed by atoms with E-state index in [0.29, 0.717) is 12.3 Å². The van der Waals surface area contributed by atoms with Crippen molar-refractivity contribution in [2.45, 2.75) is 19.5 Å². The normalized spacial score (nSPS) is 17.0. The van der Waals surface area contributed by atoms with Crippen molar-refractivity contribution < 1.29 is 19.1 Å². The number of nitrogens with zero attached hydrogens (tertiary/aromatic N) is 1. The third-order valence-electron chi connectivity index (χ3n) is 4.52. The van der Waals surface area contributed by atoms with Gasteiger partial charge in [0.25, 0.3) is 5.91 Å². The van der Waals surface area contributed by atoms with E-state index < -0.39 is 23.5 Å². The highest BCUT2D eigenvalue weighted by Gasteiger charge is 2.44. The average Bonchev–Trinajstić information content (AvgIpc) is 3.39. The Bertz CT molecular complexity index is 1020. The lowest BCUT2D eigenvalue weighted by atomic mass is 10.00. The highest BCUT2D eigenvalue weighted by atomic mass is 32.1. The monoisotopic (exact) mass is 379 g/mol. The van der Waals surface area contributed by atoms with Crippen LogP contribution < -0.4 is 0 Å². The van der Waals surface area contributed by atoms with Gasteiger partial charge in [-0.2, -0.15) is 0 Å². The summed E-state index contributed by atoms with van der Waals surface area (Å²) in [4.78, 5) is 28.2. The molecular weight excluding hydrogens is 362 g/mol. The highest BCUT2D eigenvalue weighted by molar-refractivity contribution is 7.10. The maximum atomic E-state index is 13.0. The summed E-state index contributed by atoms with van der Waals surface area (Å²) in [5, 5.41) is 12.4. The van der Waals surface area contributed by atoms with Crippen LogP contribution in [0.5, 0.6) is 0 Å². The second-order valence-corrected chi connectivity index (χ2v) is 7.32. The van der Waals surface area contributed by atoms with Gasteiger partial charge in [0, 0.05) is 11.4 Å². The van der Waals surface area contributed by atoms with E-state index in [1.165, 1.54) is 16.2 Å². The molecule has 0 saturated heterocycles. The number of thiophene rings is 1. The number of hydrogen-bond donors (Lipinski definition) is 1. The Morgan fingerprint density at radius 3 is 2.56 bits per heavy atom. The zero-order valence-electron chi connectivity index (χ0n) is 14.6. The summed E-state index contributed by atoms with van der Waals surface area (Å²) >= 11 is 1.44. The Kier molecular flexibility index (Phi) is 4.41. The SMILES string of the molecule is Cc1ccc(C(=O)C2=C(O)C(=O)N(Cc3ccccc3)C2c2cccs2)o1. The van der Waals surface area contributed by atoms with Crippen molar-refractivity contribution in [1.29, 1.82) is 0 Å². The Hall–Kier alpha value is -3.12. The van der Waals surface area contributed by atoms with Crippen molar-refractivity contribution in [2.75, 3.05) is 0 Å². The van der Waals surface area contributed by atoms with Crippen LogP contribution in [0.25, 0.3) is 0 Å². The number of Topliss-reactive ketones (excluding diaryl/α,β-unsaturated/α-hetero) is 1. The van der Waals surface area contributed by atoms with Crippen molar-refractivity contribution in [3.63, 3.8) is 0 Å². The smallest absolute Gasteiger partial charge is 0.290 e. The topological polar surface area (TPSA) is 70.8 Å². The van der Waals surface area contributed by atoms with Crippen LogP contribution in [-0.4, -0.2) is 21.7 Å². The lowest BCUT2D eigenvalue weighted by Crippen LogP contribution is -2.30. The maximum Gasteiger partial charge on any atom is 0.290 e. The fourth-order valence-electron chi connectivity index (χ4n) is 3.26. The molecule has 1 aromatic carbocycles. The summed E-state index contributed by atoms with van der Waals surface area (Å²) < 4.78 is 5.44. The first-order chi connectivity index (χ1) is 13.1. The second kappa shape index (κ2) is 6.89. The molecule has 27 heavy (non-hydrogen) atoms. The van der Waals surface area contributed by atoms with E-state index in [9.17, 15) is 14.7 Å². The van der Waals surface area contributed by atoms with Crippen LogP contribution in [0.4, 0.5) is 0 Å². The molecule has 0 radical (unpaired) electrons. The molecule has 4 rings (SSSR count). The van der Waals surface area contributed by atoms with Gasteiger partial charge in [0.2, 0.25) is 5.78 Å². The summed E-state index contributed by atoms with van der Waals surface area (Å²) in [6.45, 7) is 2.03. The largest absolute Gasteiger partial charge is 0.503 e. The predicted molar refractivity (Wildman–Crippen MR) is 101 cm³/mol. The Balaban J connectivity index is 1.77. The molecule has 0 fully saturated rings. The van der Waals surface area contributed by atoms with Crippen molar-refractivity contribution in [1.82, 2.24) is 4.90 Å². The van der Waals surface area contributed by atoms with Gasteiger partial charge in [0.15, 0.2) is 11.5 Å². The van der Waals surface area contributed by atoms with Gasteiger partial charge in [-0.15, -0.1) is 11.3 Å². The zero-order valence-corrected chi connectivity index (χ0v) is 15.4. The summed E-state index contributed by atoms with van der Waals surface area (Å²) in [7, 11) is 0. The molecule has 0 bridgehead atoms. The molecule has 3 heterocycles. The predicted octanol–water partition coefficient (Wildman–Crippen LogP) is 4.43. The van der Waals surface area contributed by atoms with Crippen molar-refractivity contribution in [3.8, 4) is 0 Å². The number of rotatable bonds is 5. The second-order valence-electron chi connectivity index (χ2n) is 6.34. The van der Waals surface area contributed by atoms with Gasteiger partial charge < -0.3 is 14.4 Å². The Labute approximate surface area is 160 Å². The third-order valence-corrected chi connectivity index (χ3v) is 5.45. The summed E-state index contributed by atoms with van der Waals surface area (Å²) in [5.41, 5.74) is 0.982. The number of amides is 1. The Morgan fingerprint density at radius 1 is 1.15 bits per heavy atom. The standard InChI is InChI=1S/C21H17NO4S/c1-13-9-10-15(26-13)19(23)17-18(16-8-5-11-27-16)22(21(25)20(17)24)12-14-6-3-2-4-7-14/h2-11,18,24H,12H2,1H3. The fraction of sp³-hybridized carbons (Fsp3) is 0.143. The number of carbonyl (C=O) groups is 2. The Morgan fingerprint density at radius 2 is 1.93 bits per heavy atom. The van der Waals surface area contributed by atoms with Crippen LogP contribution in [-0.2, 0) is 11.3 Å². The zero-order chi connectivity index (χ0) is 19.0. The molecule has 5 nitrogen and oxygen atoms in total. The molecule has 6 heteroatoms. The van der Waals surface area contributed by atoms with Crippen LogP contribution in [0.2, 0.25) is 0 Å². The van der Waals surface area contributed by atoms with Crippen molar-refractivity contribution >= 4 is 23.0 Å². The maximum absolute atomic E-state index is 13.0. The third kappa shape index (κ3) is 3.08. The van der Waals surface area contributed by atoms with Crippen LogP contribution in [0.1, 0.15) is 32.8 Å². The van der Waals surface area contributed by atoms with Gasteiger partial charge in [-0.05, 0) is 36.1 Å². The molecule has 1 unspecified atom stereocenters. The van der Waals surface area contributed by atoms with Crippen molar-refractivity contribution in [3.05, 3.63) is 93.3 Å². The number of ketones is 1. The molecule has 136 valence electrons. The van der Waals surface area contributed by atoms with E-state index in [0.717, 1.165) is 10.4 Å². The minimum absolute atomic E-state index is 0.0627. The van der Waals surface area contributed by atoms with Gasteiger partial charge >= 0.3 is 0 Å². The van der Waals surface area contributed by atoms with Crippen LogP contribution >= 0.6 is 11.3 Å². The van der Waals surface area contributed by atoms with E-state index in [1.54, 1.807) is 19.1 Å². The lowest BCUT2D eigenvalue weighted by Gasteiger charge is -2.25. The van der Waals surface area contributed by atoms with Gasteiger partial charge in [-0.1, -0.05) is 36.4 Å². The molecule has 2 aromatic heterocycles. The van der Waals surface area contributed by atoms with Crippen LogP contribution in [0, 0.1) is 6.92 Å². The molecule has 1 aliphatic rings. The van der Waals surface area contributed by atoms with Gasteiger partial charge in [0.1, 0.15) is 11.8 Å². The molecular formula is C21H17NO4S. The fourth-order valence-corrected chi connectivity index (χ4v) is 4.11. The number of aliphatic hydroxyl groups excluding tert-OH is 1. The summed E-state index contributed by atoms with van der Waals surface area (Å²) in [6, 6.07) is 15.8. The van der Waals surface area contributed by atoms with E-state index in [4.69, 9.17) is 4.42 Å². The van der Waals surface area contributed by atoms with E-state index in [1.807, 2.05) is 47.8 Å². The molecule has 1 N–H and O–H groups in total. The first-order valence-electron chi connectivity index (χ1n) is 8.49. The minimum Gasteiger partial charge on any atom is -0.503 e. The van der Waals surface area contributed by atoms with E-state index in [-0.39, 0.29) is 11.3 Å². The highest BCUT2D eigenvalue weighted by Crippen LogP contribution is 2.41. The lowest BCUT2D eigenvalue weighted by molar-refractivity contribution is -0.130. The van der Waals surface area contributed by atoms with Crippen molar-refractivity contribution in [2.24, 2.45) is 0 Å². The number of aryl methyl sites for hydroxylation is 1. The van der Waals surface area contributed by atoms with Crippen LogP contribution in [0.15, 0.2) is 75.7 Å². The summed E-state index contributed by atoms with van der Waals surface area (Å²) in [5.74, 6) is -0.822. The van der Waals surface area contributed by atoms with E-state index >= 15 is 0 Å². The average molecular weight is 379 g/mol. The number of hydrogen-bond acceptors (Lipinski definition) is 5. The number of furan rings is 1. The molecule has 3 aromatic rings. The summed E-state index contributed by atoms with van der Waals surface area (Å²) in [6.07, 6.45) is 0. The number of benzene rings is 1. The molecule has 1 amide bonds. The molecule has 0 spiro atoms. The molecule has 1 atom stereocenters. The number of aliphatic hydroxyl groups is 1. The quantitative estimate of drug-likeness (QED) is 0.666. The number of carbonyl (C=O) groups excluding carboxylic acids is 2. The molecule has 1 aliphatic heterocycles. The minimum atomic E-state index is -0.643. The van der Waals surface area contributed by atoms with Gasteiger partial charge in [0.05, 0.1) is 5.57 Å². The molecule has 0 saturated carbocycles. The van der Waals surface area contributed by atoms with Gasteiger partial charge in [-0.3, -0.25) is 9.59 Å². The first kappa shape index (κ1) is 17.3. The molecule has 0 aliphatic carbocycles. The van der Waals surface area contributed by atoms with Crippen LogP contribution in [0.3, 0.4) is 0 Å². The van der Waals surface area contributed by atoms with E-state index in [2.05, 4.69) is 0 Å². The first-order valence-corrected chi connectivity index (χ1v) is 9.37.